The van der Waals surface area contributed by atoms with Crippen molar-refractivity contribution in [3.8, 4) is 0 Å². The van der Waals surface area contributed by atoms with E-state index in [-0.39, 0.29) is 11.9 Å². The highest BCUT2D eigenvalue weighted by Crippen LogP contribution is 2.55. The second-order valence-corrected chi connectivity index (χ2v) is 9.32. The molecule has 31 heavy (non-hydrogen) atoms. The molecule has 0 aliphatic heterocycles. The summed E-state index contributed by atoms with van der Waals surface area (Å²) >= 11 is 0. The lowest BCUT2D eigenvalue weighted by Crippen LogP contribution is -2.43. The largest absolute Gasteiger partial charge is 0.352 e. The zero-order valence-corrected chi connectivity index (χ0v) is 17.6. The van der Waals surface area contributed by atoms with Crippen LogP contribution in [0.5, 0.6) is 0 Å². The maximum absolute atomic E-state index is 13.0. The Bertz CT molecular complexity index is 1060. The minimum Gasteiger partial charge on any atom is -0.352 e. The van der Waals surface area contributed by atoms with Crippen LogP contribution in [-0.4, -0.2) is 18.5 Å². The van der Waals surface area contributed by atoms with Crippen LogP contribution in [0, 0.1) is 5.92 Å². The highest BCUT2D eigenvalue weighted by atomic mass is 16.2. The fraction of sp³-hybridized carbons (Fsp3) is 0.321. The van der Waals surface area contributed by atoms with Gasteiger partial charge in [-0.25, -0.2) is 0 Å². The van der Waals surface area contributed by atoms with Crippen molar-refractivity contribution >= 4 is 5.91 Å². The Balaban J connectivity index is 1.28. The topological polar surface area (TPSA) is 41.1 Å². The van der Waals surface area contributed by atoms with Gasteiger partial charge in [-0.15, -0.1) is 0 Å². The van der Waals surface area contributed by atoms with Gasteiger partial charge in [-0.05, 0) is 59.5 Å². The molecule has 3 aromatic rings. The summed E-state index contributed by atoms with van der Waals surface area (Å²) in [6.07, 6.45) is 3.35. The lowest BCUT2D eigenvalue weighted by Gasteiger charge is -2.46. The van der Waals surface area contributed by atoms with Crippen molar-refractivity contribution in [1.29, 1.82) is 0 Å². The Morgan fingerprint density at radius 2 is 1.39 bits per heavy atom. The highest BCUT2D eigenvalue weighted by Gasteiger charge is 2.43. The second kappa shape index (κ2) is 7.65. The third-order valence-electron chi connectivity index (χ3n) is 7.33. The van der Waals surface area contributed by atoms with Crippen LogP contribution >= 0.6 is 0 Å². The number of benzene rings is 3. The van der Waals surface area contributed by atoms with E-state index < -0.39 is 0 Å². The Morgan fingerprint density at radius 1 is 0.806 bits per heavy atom. The van der Waals surface area contributed by atoms with Gasteiger partial charge in [-0.2, -0.15) is 0 Å². The van der Waals surface area contributed by atoms with E-state index in [2.05, 4.69) is 71.3 Å². The lowest BCUT2D eigenvalue weighted by molar-refractivity contribution is -0.123. The van der Waals surface area contributed by atoms with Crippen molar-refractivity contribution < 1.29 is 4.79 Å². The first kappa shape index (κ1) is 18.8. The van der Waals surface area contributed by atoms with Gasteiger partial charge in [-0.1, -0.05) is 78.9 Å². The summed E-state index contributed by atoms with van der Waals surface area (Å²) in [6, 6.07) is 28.1. The molecule has 3 aromatic carbocycles. The maximum Gasteiger partial charge on any atom is 0.241 e. The molecule has 1 fully saturated rings. The molecule has 0 radical (unpaired) electrons. The first-order valence-electron chi connectivity index (χ1n) is 11.6. The molecule has 3 nitrogen and oxygen atoms in total. The number of carbonyl (C=O) groups excluding carboxylic acids is 1. The summed E-state index contributed by atoms with van der Waals surface area (Å²) in [7, 11) is 0. The van der Waals surface area contributed by atoms with E-state index in [4.69, 9.17) is 0 Å². The smallest absolute Gasteiger partial charge is 0.241 e. The molecule has 2 bridgehead atoms. The van der Waals surface area contributed by atoms with Crippen molar-refractivity contribution in [1.82, 2.24) is 10.6 Å². The van der Waals surface area contributed by atoms with Crippen molar-refractivity contribution in [2.75, 3.05) is 6.54 Å². The van der Waals surface area contributed by atoms with Crippen LogP contribution in [0.3, 0.4) is 0 Å². The van der Waals surface area contributed by atoms with Gasteiger partial charge in [0.25, 0.3) is 0 Å². The molecule has 0 heterocycles. The molecular formula is C28H28N2O. The molecule has 2 atom stereocenters. The average molecular weight is 409 g/mol. The number of carbonyl (C=O) groups is 1. The number of hydrogen-bond donors (Lipinski definition) is 2. The normalized spacial score (nSPS) is 24.2. The minimum absolute atomic E-state index is 0.107. The molecule has 3 heteroatoms. The van der Waals surface area contributed by atoms with Crippen molar-refractivity contribution in [3.63, 3.8) is 0 Å². The van der Waals surface area contributed by atoms with Crippen molar-refractivity contribution in [2.24, 2.45) is 5.92 Å². The SMILES string of the molecule is O=C(NC1CC1)[C@@H](NC[C@@H]1CC2c3ccccc3C1c1ccccc12)c1ccccc1. The second-order valence-electron chi connectivity index (χ2n) is 9.32. The van der Waals surface area contributed by atoms with Gasteiger partial charge >= 0.3 is 0 Å². The van der Waals surface area contributed by atoms with Crippen LogP contribution in [0.25, 0.3) is 0 Å². The Labute approximate surface area is 183 Å². The zero-order valence-electron chi connectivity index (χ0n) is 17.6. The average Bonchev–Trinajstić information content (AvgIpc) is 3.64. The number of amides is 1. The van der Waals surface area contributed by atoms with Gasteiger partial charge in [0.1, 0.15) is 6.04 Å². The predicted octanol–water partition coefficient (Wildman–Crippen LogP) is 4.89. The van der Waals surface area contributed by atoms with Crippen LogP contribution in [0.4, 0.5) is 0 Å². The molecule has 1 saturated carbocycles. The van der Waals surface area contributed by atoms with Crippen molar-refractivity contribution in [3.05, 3.63) is 107 Å². The van der Waals surface area contributed by atoms with Crippen molar-refractivity contribution in [2.45, 2.75) is 43.2 Å². The molecule has 1 amide bonds. The molecular weight excluding hydrogens is 380 g/mol. The number of fused-ring (bicyclic) bond motifs is 1. The summed E-state index contributed by atoms with van der Waals surface area (Å²) in [4.78, 5) is 13.0. The number of hydrogen-bond acceptors (Lipinski definition) is 2. The third-order valence-corrected chi connectivity index (χ3v) is 7.33. The van der Waals surface area contributed by atoms with E-state index in [1.54, 1.807) is 0 Å². The zero-order chi connectivity index (χ0) is 20.8. The minimum atomic E-state index is -0.298. The van der Waals surface area contributed by atoms with Gasteiger partial charge in [0.15, 0.2) is 0 Å². The third kappa shape index (κ3) is 3.37. The van der Waals surface area contributed by atoms with E-state index in [0.717, 1.165) is 31.4 Å². The van der Waals surface area contributed by atoms with E-state index in [1.165, 1.54) is 22.3 Å². The first-order valence-corrected chi connectivity index (χ1v) is 11.6. The summed E-state index contributed by atoms with van der Waals surface area (Å²) in [5.41, 5.74) is 6.98. The summed E-state index contributed by atoms with van der Waals surface area (Å²) in [5.74, 6) is 1.44. The predicted molar refractivity (Wildman–Crippen MR) is 123 cm³/mol. The van der Waals surface area contributed by atoms with Gasteiger partial charge in [0.2, 0.25) is 5.91 Å². The van der Waals surface area contributed by atoms with E-state index in [1.807, 2.05) is 18.2 Å². The summed E-state index contributed by atoms with van der Waals surface area (Å²) in [5, 5.41) is 6.88. The summed E-state index contributed by atoms with van der Waals surface area (Å²) < 4.78 is 0. The van der Waals surface area contributed by atoms with Crippen LogP contribution in [0.1, 0.15) is 65.0 Å². The first-order chi connectivity index (χ1) is 15.3. The molecule has 2 N–H and O–H groups in total. The molecule has 0 aromatic heterocycles. The molecule has 0 saturated heterocycles. The molecule has 4 aliphatic rings. The molecule has 156 valence electrons. The molecule has 4 aliphatic carbocycles. The maximum atomic E-state index is 13.0. The fourth-order valence-electron chi connectivity index (χ4n) is 5.75. The van der Waals surface area contributed by atoms with Gasteiger partial charge in [0.05, 0.1) is 0 Å². The van der Waals surface area contributed by atoms with E-state index >= 15 is 0 Å². The molecule has 0 unspecified atom stereocenters. The molecule has 0 spiro atoms. The lowest BCUT2D eigenvalue weighted by atomic mass is 9.59. The Kier molecular flexibility index (Phi) is 4.65. The Hall–Kier alpha value is -2.91. The van der Waals surface area contributed by atoms with E-state index in [9.17, 15) is 4.79 Å². The number of nitrogens with one attached hydrogen (secondary N) is 2. The van der Waals surface area contributed by atoms with Gasteiger partial charge < -0.3 is 10.6 Å². The summed E-state index contributed by atoms with van der Waals surface area (Å²) in [6.45, 7) is 0.835. The quantitative estimate of drug-likeness (QED) is 0.610. The van der Waals surface area contributed by atoms with Gasteiger partial charge in [-0.3, -0.25) is 4.79 Å². The highest BCUT2D eigenvalue weighted by molar-refractivity contribution is 5.83. The van der Waals surface area contributed by atoms with Gasteiger partial charge in [0, 0.05) is 17.9 Å². The standard InChI is InChI=1S/C28H28N2O/c31-28(30-20-14-15-20)27(18-8-2-1-3-9-18)29-17-19-16-25-21-10-4-6-12-23(21)26(19)24-13-7-5-11-22(24)25/h1-13,19-20,25-27,29H,14-17H2,(H,30,31)/t19-,25?,26?,27-/m0/s1. The van der Waals surface area contributed by atoms with E-state index in [0.29, 0.717) is 23.8 Å². The van der Waals surface area contributed by atoms with Crippen LogP contribution in [0.2, 0.25) is 0 Å². The van der Waals surface area contributed by atoms with Crippen LogP contribution in [-0.2, 0) is 4.79 Å². The van der Waals surface area contributed by atoms with Crippen LogP contribution < -0.4 is 10.6 Å². The fourth-order valence-corrected chi connectivity index (χ4v) is 5.75. The Morgan fingerprint density at radius 3 is 2.00 bits per heavy atom. The molecule has 7 rings (SSSR count). The van der Waals surface area contributed by atoms with Crippen LogP contribution in [0.15, 0.2) is 78.9 Å². The monoisotopic (exact) mass is 408 g/mol. The number of rotatable bonds is 6.